The standard InChI is InChI=1S/C25H32N2O5/c1-16-17(2)25(30)32-22-15-20(6-7-21(16)22)31-18(3)24(29)27-13-9-19(10-14-27)8-12-26-11-4-5-23(26)28/h6-7,15,18-19H,4-5,8-14H2,1-3H3. The highest BCUT2D eigenvalue weighted by atomic mass is 16.5. The quantitative estimate of drug-likeness (QED) is 0.643. The van der Waals surface area contributed by atoms with E-state index in [4.69, 9.17) is 9.15 Å². The highest BCUT2D eigenvalue weighted by Crippen LogP contribution is 2.26. The van der Waals surface area contributed by atoms with E-state index in [1.807, 2.05) is 28.9 Å². The number of piperidine rings is 1. The number of benzene rings is 1. The molecule has 172 valence electrons. The summed E-state index contributed by atoms with van der Waals surface area (Å²) in [5.41, 5.74) is 1.61. The van der Waals surface area contributed by atoms with Crippen LogP contribution in [0.2, 0.25) is 0 Å². The maximum absolute atomic E-state index is 12.9. The lowest BCUT2D eigenvalue weighted by Crippen LogP contribution is -2.45. The zero-order valence-corrected chi connectivity index (χ0v) is 19.2. The summed E-state index contributed by atoms with van der Waals surface area (Å²) in [5, 5.41) is 0.867. The molecule has 7 heteroatoms. The van der Waals surface area contributed by atoms with Crippen molar-refractivity contribution in [3.63, 3.8) is 0 Å². The Hall–Kier alpha value is -2.83. The normalized spacial score (nSPS) is 18.4. The largest absolute Gasteiger partial charge is 0.481 e. The Kier molecular flexibility index (Phi) is 6.53. The van der Waals surface area contributed by atoms with Gasteiger partial charge in [-0.2, -0.15) is 0 Å². The van der Waals surface area contributed by atoms with Crippen molar-refractivity contribution in [3.8, 4) is 5.75 Å². The predicted molar refractivity (Wildman–Crippen MR) is 122 cm³/mol. The lowest BCUT2D eigenvalue weighted by atomic mass is 9.93. The smallest absolute Gasteiger partial charge is 0.339 e. The average Bonchev–Trinajstić information content (AvgIpc) is 3.20. The van der Waals surface area contributed by atoms with Crippen LogP contribution >= 0.6 is 0 Å². The first kappa shape index (κ1) is 22.4. The zero-order valence-electron chi connectivity index (χ0n) is 19.2. The number of amides is 2. The van der Waals surface area contributed by atoms with Crippen molar-refractivity contribution in [2.75, 3.05) is 26.2 Å². The second kappa shape index (κ2) is 9.35. The first-order chi connectivity index (χ1) is 15.3. The first-order valence-electron chi connectivity index (χ1n) is 11.6. The van der Waals surface area contributed by atoms with E-state index in [0.717, 1.165) is 62.8 Å². The molecule has 3 heterocycles. The van der Waals surface area contributed by atoms with Gasteiger partial charge in [-0.15, -0.1) is 0 Å². The summed E-state index contributed by atoms with van der Waals surface area (Å²) in [6, 6.07) is 5.35. The van der Waals surface area contributed by atoms with E-state index in [1.54, 1.807) is 19.9 Å². The molecule has 0 spiro atoms. The number of ether oxygens (including phenoxy) is 1. The Bertz CT molecular complexity index is 1070. The van der Waals surface area contributed by atoms with Crippen LogP contribution in [0.5, 0.6) is 5.75 Å². The third-order valence-electron chi connectivity index (χ3n) is 6.99. The van der Waals surface area contributed by atoms with Crippen molar-refractivity contribution in [2.24, 2.45) is 5.92 Å². The Morgan fingerprint density at radius 3 is 2.59 bits per heavy atom. The molecule has 1 unspecified atom stereocenters. The van der Waals surface area contributed by atoms with Gasteiger partial charge in [-0.05, 0) is 70.1 Å². The monoisotopic (exact) mass is 440 g/mol. The molecule has 2 saturated heterocycles. The van der Waals surface area contributed by atoms with Crippen molar-refractivity contribution in [3.05, 3.63) is 39.7 Å². The van der Waals surface area contributed by atoms with Gasteiger partial charge in [0.2, 0.25) is 5.91 Å². The van der Waals surface area contributed by atoms with Crippen LogP contribution in [0.3, 0.4) is 0 Å². The number of likely N-dealkylation sites (tertiary alicyclic amines) is 2. The van der Waals surface area contributed by atoms with E-state index in [0.29, 0.717) is 29.2 Å². The van der Waals surface area contributed by atoms with Crippen molar-refractivity contribution in [1.29, 1.82) is 0 Å². The number of rotatable bonds is 6. The average molecular weight is 441 g/mol. The van der Waals surface area contributed by atoms with Gasteiger partial charge in [0.05, 0.1) is 0 Å². The maximum Gasteiger partial charge on any atom is 0.339 e. The third-order valence-corrected chi connectivity index (χ3v) is 6.99. The van der Waals surface area contributed by atoms with Crippen molar-refractivity contribution in [1.82, 2.24) is 9.80 Å². The molecule has 2 aromatic rings. The van der Waals surface area contributed by atoms with E-state index in [9.17, 15) is 14.4 Å². The Morgan fingerprint density at radius 2 is 1.91 bits per heavy atom. The molecule has 2 fully saturated rings. The minimum absolute atomic E-state index is 0.0280. The van der Waals surface area contributed by atoms with Gasteiger partial charge in [0.1, 0.15) is 11.3 Å². The molecule has 0 N–H and O–H groups in total. The Morgan fingerprint density at radius 1 is 1.16 bits per heavy atom. The fourth-order valence-electron chi connectivity index (χ4n) is 4.73. The highest BCUT2D eigenvalue weighted by molar-refractivity contribution is 5.83. The first-order valence-corrected chi connectivity index (χ1v) is 11.6. The second-order valence-electron chi connectivity index (χ2n) is 9.10. The van der Waals surface area contributed by atoms with Crippen LogP contribution in [0.1, 0.15) is 50.2 Å². The molecule has 1 aromatic heterocycles. The van der Waals surface area contributed by atoms with Crippen LogP contribution < -0.4 is 10.4 Å². The minimum Gasteiger partial charge on any atom is -0.481 e. The van der Waals surface area contributed by atoms with Crippen LogP contribution in [0.15, 0.2) is 27.4 Å². The van der Waals surface area contributed by atoms with Gasteiger partial charge in [-0.1, -0.05) is 0 Å². The zero-order chi connectivity index (χ0) is 22.8. The van der Waals surface area contributed by atoms with Crippen LogP contribution in [-0.2, 0) is 9.59 Å². The minimum atomic E-state index is -0.621. The van der Waals surface area contributed by atoms with Crippen molar-refractivity contribution < 1.29 is 18.7 Å². The summed E-state index contributed by atoms with van der Waals surface area (Å²) >= 11 is 0. The summed E-state index contributed by atoms with van der Waals surface area (Å²) in [6.45, 7) is 8.58. The predicted octanol–water partition coefficient (Wildman–Crippen LogP) is 3.43. The fourth-order valence-corrected chi connectivity index (χ4v) is 4.73. The van der Waals surface area contributed by atoms with Crippen LogP contribution in [0.4, 0.5) is 0 Å². The lowest BCUT2D eigenvalue weighted by molar-refractivity contribution is -0.139. The SMILES string of the molecule is Cc1c(C)c2ccc(OC(C)C(=O)N3CCC(CCN4CCCC4=O)CC3)cc2oc1=O. The van der Waals surface area contributed by atoms with E-state index >= 15 is 0 Å². The summed E-state index contributed by atoms with van der Waals surface area (Å²) in [5.74, 6) is 1.32. The van der Waals surface area contributed by atoms with E-state index in [2.05, 4.69) is 0 Å². The van der Waals surface area contributed by atoms with Gasteiger partial charge >= 0.3 is 5.63 Å². The fraction of sp³-hybridized carbons (Fsp3) is 0.560. The van der Waals surface area contributed by atoms with E-state index < -0.39 is 6.10 Å². The molecular formula is C25H32N2O5. The lowest BCUT2D eigenvalue weighted by Gasteiger charge is -2.34. The Labute approximate surface area is 188 Å². The summed E-state index contributed by atoms with van der Waals surface area (Å²) in [7, 11) is 0. The van der Waals surface area contributed by atoms with Gasteiger partial charge in [0.25, 0.3) is 5.91 Å². The summed E-state index contributed by atoms with van der Waals surface area (Å²) < 4.78 is 11.3. The molecule has 4 rings (SSSR count). The molecule has 0 bridgehead atoms. The number of carbonyl (C=O) groups excluding carboxylic acids is 2. The molecule has 2 amide bonds. The number of hydrogen-bond donors (Lipinski definition) is 0. The van der Waals surface area contributed by atoms with Crippen molar-refractivity contribution >= 4 is 22.8 Å². The molecule has 2 aliphatic rings. The Balaban J connectivity index is 1.31. The van der Waals surface area contributed by atoms with E-state index in [-0.39, 0.29) is 17.4 Å². The molecule has 7 nitrogen and oxygen atoms in total. The van der Waals surface area contributed by atoms with Gasteiger partial charge < -0.3 is 19.0 Å². The van der Waals surface area contributed by atoms with Crippen molar-refractivity contribution in [2.45, 2.75) is 59.0 Å². The number of fused-ring (bicyclic) bond motifs is 1. The number of carbonyl (C=O) groups is 2. The molecule has 0 saturated carbocycles. The number of aryl methyl sites for hydroxylation is 1. The molecule has 1 atom stereocenters. The second-order valence-corrected chi connectivity index (χ2v) is 9.10. The topological polar surface area (TPSA) is 80.1 Å². The molecule has 2 aliphatic heterocycles. The van der Waals surface area contributed by atoms with Gasteiger partial charge in [0, 0.05) is 49.6 Å². The van der Waals surface area contributed by atoms with Gasteiger partial charge in [-0.25, -0.2) is 4.79 Å². The van der Waals surface area contributed by atoms with Crippen LogP contribution in [0, 0.1) is 19.8 Å². The molecule has 32 heavy (non-hydrogen) atoms. The van der Waals surface area contributed by atoms with Gasteiger partial charge in [-0.3, -0.25) is 9.59 Å². The molecule has 1 aromatic carbocycles. The summed E-state index contributed by atoms with van der Waals surface area (Å²) in [6.07, 6.45) is 3.98. The molecule has 0 radical (unpaired) electrons. The van der Waals surface area contributed by atoms with Crippen LogP contribution in [-0.4, -0.2) is 53.9 Å². The highest BCUT2D eigenvalue weighted by Gasteiger charge is 2.28. The van der Waals surface area contributed by atoms with Gasteiger partial charge in [0.15, 0.2) is 6.10 Å². The molecular weight excluding hydrogens is 408 g/mol. The summed E-state index contributed by atoms with van der Waals surface area (Å²) in [4.78, 5) is 40.5. The number of hydrogen-bond acceptors (Lipinski definition) is 5. The van der Waals surface area contributed by atoms with Crippen LogP contribution in [0.25, 0.3) is 11.0 Å². The third kappa shape index (κ3) is 4.66. The number of nitrogens with zero attached hydrogens (tertiary/aromatic N) is 2. The molecule has 0 aliphatic carbocycles. The maximum atomic E-state index is 12.9. The van der Waals surface area contributed by atoms with E-state index in [1.165, 1.54) is 0 Å².